The number of hydrogen-bond donors (Lipinski definition) is 1. The lowest BCUT2D eigenvalue weighted by atomic mass is 10.2. The largest absolute Gasteiger partial charge is 0.540 e. The predicted molar refractivity (Wildman–Crippen MR) is 47.0 cm³/mol. The third kappa shape index (κ3) is 24.7. The van der Waals surface area contributed by atoms with E-state index in [1.165, 1.54) is 6.42 Å². The van der Waals surface area contributed by atoms with E-state index in [0.717, 1.165) is 0 Å². The summed E-state index contributed by atoms with van der Waals surface area (Å²) in [7, 11) is 0. The second-order valence-corrected chi connectivity index (χ2v) is 3.32. The molecule has 0 aromatic carbocycles. The molecular formula is C8H18O5. The molecule has 0 atom stereocenters. The Hall–Kier alpha value is -0.810. The Morgan fingerprint density at radius 3 is 1.92 bits per heavy atom. The predicted octanol–water partition coefficient (Wildman–Crippen LogP) is 2.76. The van der Waals surface area contributed by atoms with Crippen LogP contribution in [0.1, 0.15) is 41.0 Å². The van der Waals surface area contributed by atoms with Crippen LogP contribution in [0.25, 0.3) is 0 Å². The number of hydrogen-bond acceptors (Lipinski definition) is 4. The Morgan fingerprint density at radius 1 is 1.31 bits per heavy atom. The zero-order valence-electron chi connectivity index (χ0n) is 8.79. The molecule has 1 N–H and O–H groups in total. The van der Waals surface area contributed by atoms with Crippen LogP contribution in [0.5, 0.6) is 0 Å². The highest BCUT2D eigenvalue weighted by molar-refractivity contribution is 5.55. The zero-order chi connectivity index (χ0) is 10.9. The van der Waals surface area contributed by atoms with Gasteiger partial charge < -0.3 is 5.11 Å². The molecule has 5 heteroatoms. The smallest absolute Gasteiger partial charge is 0.448 e. The maximum atomic E-state index is 9.66. The van der Waals surface area contributed by atoms with E-state index in [-0.39, 0.29) is 0 Å². The van der Waals surface area contributed by atoms with Crippen molar-refractivity contribution in [2.24, 2.45) is 0 Å². The summed E-state index contributed by atoms with van der Waals surface area (Å²) in [5.41, 5.74) is -0.574. The summed E-state index contributed by atoms with van der Waals surface area (Å²) in [5, 5.41) is 11.7. The van der Waals surface area contributed by atoms with Gasteiger partial charge in [-0.25, -0.2) is 9.68 Å². The van der Waals surface area contributed by atoms with Gasteiger partial charge in [-0.2, -0.15) is 4.89 Å². The van der Waals surface area contributed by atoms with Crippen molar-refractivity contribution in [3.8, 4) is 0 Å². The van der Waals surface area contributed by atoms with Gasteiger partial charge in [-0.1, -0.05) is 20.3 Å². The molecule has 0 unspecified atom stereocenters. The van der Waals surface area contributed by atoms with Gasteiger partial charge in [0.25, 0.3) is 0 Å². The molecule has 0 spiro atoms. The summed E-state index contributed by atoms with van der Waals surface area (Å²) in [4.78, 5) is 17.7. The lowest BCUT2D eigenvalue weighted by molar-refractivity contribution is -0.514. The lowest BCUT2D eigenvalue weighted by Gasteiger charge is -2.14. The minimum absolute atomic E-state index is 0.574. The van der Waals surface area contributed by atoms with E-state index in [4.69, 9.17) is 5.11 Å². The average Bonchev–Trinajstić information content (AvgIpc) is 1.84. The van der Waals surface area contributed by atoms with Crippen LogP contribution in [0, 0.1) is 0 Å². The van der Waals surface area contributed by atoms with Crippen molar-refractivity contribution in [3.05, 3.63) is 0 Å². The first-order chi connectivity index (χ1) is 5.83. The summed E-state index contributed by atoms with van der Waals surface area (Å²) in [5.74, 6) is 0. The average molecular weight is 194 g/mol. The van der Waals surface area contributed by atoms with Gasteiger partial charge in [-0.3, -0.25) is 0 Å². The van der Waals surface area contributed by atoms with E-state index >= 15 is 0 Å². The first-order valence-electron chi connectivity index (χ1n) is 4.08. The molecule has 0 aromatic rings. The van der Waals surface area contributed by atoms with Crippen LogP contribution in [0.3, 0.4) is 0 Å². The highest BCUT2D eigenvalue weighted by Gasteiger charge is 2.13. The van der Waals surface area contributed by atoms with Gasteiger partial charge in [0.1, 0.15) is 0 Å². The van der Waals surface area contributed by atoms with Crippen molar-refractivity contribution in [2.45, 2.75) is 46.6 Å². The van der Waals surface area contributed by atoms with Crippen LogP contribution in [0.4, 0.5) is 4.79 Å². The van der Waals surface area contributed by atoms with Gasteiger partial charge in [0.05, 0.1) is 5.60 Å². The molecule has 0 fully saturated rings. The Balaban J connectivity index is 0. The van der Waals surface area contributed by atoms with Crippen LogP contribution in [-0.2, 0) is 14.8 Å². The molecule has 80 valence electrons. The molecular weight excluding hydrogens is 176 g/mol. The van der Waals surface area contributed by atoms with Crippen molar-refractivity contribution >= 4 is 6.16 Å². The van der Waals surface area contributed by atoms with E-state index in [1.807, 2.05) is 0 Å². The van der Waals surface area contributed by atoms with Crippen molar-refractivity contribution in [1.82, 2.24) is 0 Å². The Kier molecular flexibility index (Phi) is 8.84. The van der Waals surface area contributed by atoms with E-state index < -0.39 is 11.8 Å². The fraction of sp³-hybridized carbons (Fsp3) is 0.875. The first-order valence-corrected chi connectivity index (χ1v) is 4.08. The fourth-order valence-corrected chi connectivity index (χ4v) is 0.148. The van der Waals surface area contributed by atoms with Gasteiger partial charge >= 0.3 is 6.16 Å². The molecule has 0 rings (SSSR count). The van der Waals surface area contributed by atoms with Gasteiger partial charge in [-0.05, 0) is 25.8 Å². The first kappa shape index (κ1) is 14.7. The van der Waals surface area contributed by atoms with Gasteiger partial charge in [0.2, 0.25) is 0 Å². The zero-order valence-corrected chi connectivity index (χ0v) is 8.79. The van der Waals surface area contributed by atoms with Crippen LogP contribution in [0.2, 0.25) is 0 Å². The molecule has 0 aromatic heterocycles. The standard InChI is InChI=1S/C5H10O5.C3H8/c1-5(2,3)9-10-8-4(6)7;1-3-2/h1-3H3,(H,6,7);3H2,1-2H3. The second-order valence-electron chi connectivity index (χ2n) is 3.32. The summed E-state index contributed by atoms with van der Waals surface area (Å²) < 4.78 is 0. The van der Waals surface area contributed by atoms with Gasteiger partial charge in [-0.15, -0.1) is 0 Å². The molecule has 0 radical (unpaired) electrons. The maximum Gasteiger partial charge on any atom is 0.540 e. The van der Waals surface area contributed by atoms with E-state index in [0.29, 0.717) is 0 Å². The molecule has 0 heterocycles. The third-order valence-electron chi connectivity index (χ3n) is 0.389. The van der Waals surface area contributed by atoms with Crippen LogP contribution in [0.15, 0.2) is 0 Å². The number of carboxylic acid groups (broad SMARTS) is 1. The minimum atomic E-state index is -1.54. The topological polar surface area (TPSA) is 65.0 Å². The molecule has 0 amide bonds. The van der Waals surface area contributed by atoms with Crippen molar-refractivity contribution in [1.29, 1.82) is 0 Å². The monoisotopic (exact) mass is 194 g/mol. The molecule has 0 bridgehead atoms. The fourth-order valence-electron chi connectivity index (χ4n) is 0.148. The summed E-state index contributed by atoms with van der Waals surface area (Å²) in [6.07, 6.45) is -0.288. The second kappa shape index (κ2) is 7.82. The highest BCUT2D eigenvalue weighted by Crippen LogP contribution is 2.06. The van der Waals surface area contributed by atoms with Crippen LogP contribution in [-0.4, -0.2) is 16.9 Å². The lowest BCUT2D eigenvalue weighted by Crippen LogP contribution is -2.20. The minimum Gasteiger partial charge on any atom is -0.448 e. The SMILES string of the molecule is CC(C)(C)OOOC(=O)O.CCC. The molecule has 0 saturated carbocycles. The van der Waals surface area contributed by atoms with Gasteiger partial charge in [0, 0.05) is 0 Å². The summed E-state index contributed by atoms with van der Waals surface area (Å²) in [6, 6.07) is 0. The number of carbonyl (C=O) groups is 1. The maximum absolute atomic E-state index is 9.66. The van der Waals surface area contributed by atoms with Crippen LogP contribution >= 0.6 is 0 Å². The molecule has 0 aliphatic rings. The Morgan fingerprint density at radius 2 is 1.69 bits per heavy atom. The van der Waals surface area contributed by atoms with Crippen molar-refractivity contribution in [2.75, 3.05) is 0 Å². The summed E-state index contributed by atoms with van der Waals surface area (Å²) >= 11 is 0. The Bertz CT molecular complexity index is 127. The Labute approximate surface area is 78.5 Å². The molecule has 0 aliphatic carbocycles. The third-order valence-corrected chi connectivity index (χ3v) is 0.389. The van der Waals surface area contributed by atoms with Gasteiger partial charge in [0.15, 0.2) is 0 Å². The van der Waals surface area contributed by atoms with E-state index in [2.05, 4.69) is 28.7 Å². The normalized spacial score (nSPS) is 9.92. The van der Waals surface area contributed by atoms with Crippen molar-refractivity contribution in [3.63, 3.8) is 0 Å². The molecule has 5 nitrogen and oxygen atoms in total. The van der Waals surface area contributed by atoms with E-state index in [1.54, 1.807) is 20.8 Å². The van der Waals surface area contributed by atoms with Crippen molar-refractivity contribution < 1.29 is 24.7 Å². The van der Waals surface area contributed by atoms with E-state index in [9.17, 15) is 4.79 Å². The molecule has 0 aliphatic heterocycles. The molecule has 13 heavy (non-hydrogen) atoms. The van der Waals surface area contributed by atoms with Crippen LogP contribution < -0.4 is 0 Å². The summed E-state index contributed by atoms with van der Waals surface area (Å²) in [6.45, 7) is 9.33. The molecule has 0 saturated heterocycles. The number of rotatable bonds is 2. The quantitative estimate of drug-likeness (QED) is 0.540. The highest BCUT2D eigenvalue weighted by atomic mass is 17.5.